The largest absolute Gasteiger partial charge is 0.348 e. The fraction of sp³-hybridized carbons (Fsp3) is 0.588. The molecule has 0 bridgehead atoms. The minimum absolute atomic E-state index is 0. The van der Waals surface area contributed by atoms with Crippen molar-refractivity contribution in [2.75, 3.05) is 6.54 Å². The van der Waals surface area contributed by atoms with Gasteiger partial charge in [0.05, 0.1) is 4.90 Å². The molecule has 1 aliphatic carbocycles. The van der Waals surface area contributed by atoms with Crippen LogP contribution in [0.1, 0.15) is 49.0 Å². The molecule has 8 heteroatoms. The SMILES string of the molecule is Cc1ccc(S(=O)(=O)NC2CC2)cc1C(=O)NC(CN)CC(C)C.Cl. The van der Waals surface area contributed by atoms with Crippen LogP contribution in [-0.4, -0.2) is 33.0 Å². The second-order valence-electron chi connectivity index (χ2n) is 6.91. The van der Waals surface area contributed by atoms with Crippen LogP contribution in [0.4, 0.5) is 0 Å². The van der Waals surface area contributed by atoms with Gasteiger partial charge in [-0.3, -0.25) is 4.79 Å². The number of aryl methyl sites for hydroxylation is 1. The maximum absolute atomic E-state index is 12.5. The Hall–Kier alpha value is -1.15. The number of hydrogen-bond acceptors (Lipinski definition) is 4. The Bertz CT molecular complexity index is 703. The first-order valence-electron chi connectivity index (χ1n) is 8.37. The monoisotopic (exact) mass is 389 g/mol. The first kappa shape index (κ1) is 21.9. The van der Waals surface area contributed by atoms with Crippen molar-refractivity contribution in [3.05, 3.63) is 29.3 Å². The van der Waals surface area contributed by atoms with E-state index in [9.17, 15) is 13.2 Å². The maximum Gasteiger partial charge on any atom is 0.251 e. The summed E-state index contributed by atoms with van der Waals surface area (Å²) in [6.07, 6.45) is 2.51. The van der Waals surface area contributed by atoms with Crippen molar-refractivity contribution in [1.29, 1.82) is 0 Å². The summed E-state index contributed by atoms with van der Waals surface area (Å²) in [6.45, 7) is 6.28. The number of hydrogen-bond donors (Lipinski definition) is 3. The molecule has 1 amide bonds. The van der Waals surface area contributed by atoms with Gasteiger partial charge in [-0.15, -0.1) is 12.4 Å². The molecular weight excluding hydrogens is 362 g/mol. The van der Waals surface area contributed by atoms with Crippen molar-refractivity contribution in [2.45, 2.75) is 57.0 Å². The van der Waals surface area contributed by atoms with Gasteiger partial charge in [-0.25, -0.2) is 13.1 Å². The molecule has 1 aromatic rings. The zero-order chi connectivity index (χ0) is 17.9. The molecule has 1 aliphatic rings. The Morgan fingerprint density at radius 1 is 1.32 bits per heavy atom. The van der Waals surface area contributed by atoms with Gasteiger partial charge < -0.3 is 11.1 Å². The fourth-order valence-electron chi connectivity index (χ4n) is 2.55. The minimum atomic E-state index is -3.58. The van der Waals surface area contributed by atoms with Crippen LogP contribution in [0.25, 0.3) is 0 Å². The van der Waals surface area contributed by atoms with Gasteiger partial charge in [0.1, 0.15) is 0 Å². The highest BCUT2D eigenvalue weighted by molar-refractivity contribution is 7.89. The number of nitrogens with one attached hydrogen (secondary N) is 2. The van der Waals surface area contributed by atoms with Crippen molar-refractivity contribution in [1.82, 2.24) is 10.0 Å². The van der Waals surface area contributed by atoms with Crippen LogP contribution in [0.5, 0.6) is 0 Å². The summed E-state index contributed by atoms with van der Waals surface area (Å²) < 4.78 is 27.3. The van der Waals surface area contributed by atoms with Gasteiger partial charge in [-0.2, -0.15) is 0 Å². The Balaban J connectivity index is 0.00000312. The predicted octanol–water partition coefficient (Wildman–Crippen LogP) is 1.96. The number of halogens is 1. The molecule has 0 saturated heterocycles. The molecule has 0 spiro atoms. The van der Waals surface area contributed by atoms with Crippen LogP contribution >= 0.6 is 12.4 Å². The molecule has 2 rings (SSSR count). The van der Waals surface area contributed by atoms with Crippen LogP contribution in [0.15, 0.2) is 23.1 Å². The van der Waals surface area contributed by atoms with Crippen LogP contribution in [0.3, 0.4) is 0 Å². The molecule has 0 radical (unpaired) electrons. The number of carbonyl (C=O) groups excluding carboxylic acids is 1. The Morgan fingerprint density at radius 2 is 1.96 bits per heavy atom. The Labute approximate surface area is 156 Å². The van der Waals surface area contributed by atoms with Gasteiger partial charge >= 0.3 is 0 Å². The number of carbonyl (C=O) groups is 1. The highest BCUT2D eigenvalue weighted by Crippen LogP contribution is 2.23. The molecule has 1 fully saturated rings. The van der Waals surface area contributed by atoms with E-state index in [1.165, 1.54) is 12.1 Å². The van der Waals surface area contributed by atoms with Crippen molar-refractivity contribution < 1.29 is 13.2 Å². The molecule has 0 aromatic heterocycles. The molecule has 142 valence electrons. The average molecular weight is 390 g/mol. The van der Waals surface area contributed by atoms with E-state index in [1.54, 1.807) is 13.0 Å². The van der Waals surface area contributed by atoms with Gasteiger partial charge in [-0.05, 0) is 49.8 Å². The third-order valence-corrected chi connectivity index (χ3v) is 5.56. The van der Waals surface area contributed by atoms with Crippen LogP contribution in [0.2, 0.25) is 0 Å². The second kappa shape index (κ2) is 8.98. The summed E-state index contributed by atoms with van der Waals surface area (Å²) in [5.41, 5.74) is 6.83. The van der Waals surface area contributed by atoms with E-state index in [2.05, 4.69) is 23.9 Å². The second-order valence-corrected chi connectivity index (χ2v) is 8.62. The number of rotatable bonds is 8. The molecule has 25 heavy (non-hydrogen) atoms. The molecular formula is C17H28ClN3O3S. The third kappa shape index (κ3) is 6.26. The normalized spacial score (nSPS) is 15.6. The average Bonchev–Trinajstić information content (AvgIpc) is 3.29. The number of nitrogens with two attached hydrogens (primary N) is 1. The molecule has 6 nitrogen and oxygen atoms in total. The molecule has 1 saturated carbocycles. The highest BCUT2D eigenvalue weighted by atomic mass is 35.5. The van der Waals surface area contributed by atoms with Gasteiger partial charge in [0.25, 0.3) is 5.91 Å². The minimum Gasteiger partial charge on any atom is -0.348 e. The summed E-state index contributed by atoms with van der Waals surface area (Å²) in [6, 6.07) is 4.54. The topological polar surface area (TPSA) is 101 Å². The van der Waals surface area contributed by atoms with E-state index < -0.39 is 10.0 Å². The highest BCUT2D eigenvalue weighted by Gasteiger charge is 2.28. The van der Waals surface area contributed by atoms with Crippen molar-refractivity contribution in [2.24, 2.45) is 11.7 Å². The maximum atomic E-state index is 12.5. The Morgan fingerprint density at radius 3 is 2.48 bits per heavy atom. The lowest BCUT2D eigenvalue weighted by Gasteiger charge is -2.19. The van der Waals surface area contributed by atoms with E-state index in [4.69, 9.17) is 5.73 Å². The molecule has 1 aromatic carbocycles. The summed E-state index contributed by atoms with van der Waals surface area (Å²) in [4.78, 5) is 12.7. The smallest absolute Gasteiger partial charge is 0.251 e. The standard InChI is InChI=1S/C17H27N3O3S.ClH/c1-11(2)8-14(10-18)19-17(21)16-9-15(7-4-12(16)3)24(22,23)20-13-5-6-13;/h4,7,9,11,13-14,20H,5-6,8,10,18H2,1-3H3,(H,19,21);1H. The quantitative estimate of drug-likeness (QED) is 0.632. The first-order valence-corrected chi connectivity index (χ1v) is 9.85. The molecule has 0 heterocycles. The van der Waals surface area contributed by atoms with E-state index in [-0.39, 0.29) is 35.3 Å². The van der Waals surface area contributed by atoms with Gasteiger partial charge in [-0.1, -0.05) is 19.9 Å². The van der Waals surface area contributed by atoms with Gasteiger partial charge in [0, 0.05) is 24.2 Å². The lowest BCUT2D eigenvalue weighted by molar-refractivity contribution is 0.0933. The zero-order valence-corrected chi connectivity index (χ0v) is 16.5. The lowest BCUT2D eigenvalue weighted by atomic mass is 10.0. The summed E-state index contributed by atoms with van der Waals surface area (Å²) in [7, 11) is -3.58. The van der Waals surface area contributed by atoms with Gasteiger partial charge in [0.2, 0.25) is 10.0 Å². The van der Waals surface area contributed by atoms with Gasteiger partial charge in [0.15, 0.2) is 0 Å². The van der Waals surface area contributed by atoms with E-state index in [1.807, 2.05) is 0 Å². The number of amides is 1. The lowest BCUT2D eigenvalue weighted by Crippen LogP contribution is -2.41. The van der Waals surface area contributed by atoms with E-state index in [0.29, 0.717) is 18.0 Å². The summed E-state index contributed by atoms with van der Waals surface area (Å²) in [5, 5.41) is 2.91. The van der Waals surface area contributed by atoms with Crippen LogP contribution in [0, 0.1) is 12.8 Å². The number of sulfonamides is 1. The third-order valence-electron chi connectivity index (χ3n) is 4.04. The van der Waals surface area contributed by atoms with Crippen LogP contribution < -0.4 is 15.8 Å². The molecule has 1 atom stereocenters. The van der Waals surface area contributed by atoms with Crippen molar-refractivity contribution in [3.8, 4) is 0 Å². The van der Waals surface area contributed by atoms with E-state index >= 15 is 0 Å². The molecule has 4 N–H and O–H groups in total. The fourth-order valence-corrected chi connectivity index (χ4v) is 3.88. The zero-order valence-electron chi connectivity index (χ0n) is 14.9. The Kier molecular flexibility index (Phi) is 7.87. The molecule has 1 unspecified atom stereocenters. The van der Waals surface area contributed by atoms with Crippen LogP contribution in [-0.2, 0) is 10.0 Å². The summed E-state index contributed by atoms with van der Waals surface area (Å²) >= 11 is 0. The summed E-state index contributed by atoms with van der Waals surface area (Å²) in [5.74, 6) is 0.126. The molecule has 0 aliphatic heterocycles. The predicted molar refractivity (Wildman–Crippen MR) is 102 cm³/mol. The van der Waals surface area contributed by atoms with Crippen molar-refractivity contribution >= 4 is 28.3 Å². The first-order chi connectivity index (χ1) is 11.2. The van der Waals surface area contributed by atoms with Crippen molar-refractivity contribution in [3.63, 3.8) is 0 Å². The van der Waals surface area contributed by atoms with E-state index in [0.717, 1.165) is 24.8 Å². The number of benzene rings is 1.